The van der Waals surface area contributed by atoms with Gasteiger partial charge in [0.05, 0.1) is 12.8 Å². The van der Waals surface area contributed by atoms with Crippen LogP contribution in [0.4, 0.5) is 5.69 Å². The van der Waals surface area contributed by atoms with Gasteiger partial charge in [-0.1, -0.05) is 18.2 Å². The molecule has 0 N–H and O–H groups in total. The van der Waals surface area contributed by atoms with Gasteiger partial charge in [-0.05, 0) is 55.8 Å². The first-order valence-electron chi connectivity index (χ1n) is 10.1. The molecule has 5 heteroatoms. The molecule has 1 aromatic carbocycles. The average Bonchev–Trinajstić information content (AvgIpc) is 3.36. The largest absolute Gasteiger partial charge is 0.467 e. The van der Waals surface area contributed by atoms with E-state index >= 15 is 0 Å². The highest BCUT2D eigenvalue weighted by Crippen LogP contribution is 2.19. The lowest BCUT2D eigenvalue weighted by molar-refractivity contribution is -0.126. The minimum atomic E-state index is 0.0774. The van der Waals surface area contributed by atoms with Crippen LogP contribution in [-0.2, 0) is 11.3 Å². The highest BCUT2D eigenvalue weighted by molar-refractivity contribution is 5.92. The van der Waals surface area contributed by atoms with Crippen molar-refractivity contribution in [3.05, 3.63) is 83.6 Å². The quantitative estimate of drug-likeness (QED) is 0.617. The Bertz CT molecular complexity index is 979. The fraction of sp³-hybridized carbons (Fsp3) is 0.292. The number of piperazine rings is 1. The summed E-state index contributed by atoms with van der Waals surface area (Å²) in [5.74, 6) is 1.00. The van der Waals surface area contributed by atoms with Gasteiger partial charge in [0.1, 0.15) is 5.76 Å². The number of hydrogen-bond donors (Lipinski definition) is 0. The van der Waals surface area contributed by atoms with E-state index in [2.05, 4.69) is 53.6 Å². The van der Waals surface area contributed by atoms with Crippen molar-refractivity contribution in [2.45, 2.75) is 20.4 Å². The Morgan fingerprint density at radius 3 is 2.48 bits per heavy atom. The van der Waals surface area contributed by atoms with Gasteiger partial charge in [-0.3, -0.25) is 4.79 Å². The predicted octanol–water partition coefficient (Wildman–Crippen LogP) is 4.11. The molecule has 29 heavy (non-hydrogen) atoms. The lowest BCUT2D eigenvalue weighted by Crippen LogP contribution is -2.48. The zero-order chi connectivity index (χ0) is 20.2. The second-order valence-corrected chi connectivity index (χ2v) is 7.47. The fourth-order valence-corrected chi connectivity index (χ4v) is 3.89. The molecule has 1 fully saturated rings. The molecule has 1 aliphatic rings. The molecule has 150 valence electrons. The van der Waals surface area contributed by atoms with E-state index in [1.165, 1.54) is 5.69 Å². The van der Waals surface area contributed by atoms with E-state index in [1.807, 2.05) is 29.2 Å². The molecule has 0 radical (unpaired) electrons. The van der Waals surface area contributed by atoms with Crippen LogP contribution in [0.2, 0.25) is 0 Å². The third-order valence-corrected chi connectivity index (χ3v) is 5.62. The zero-order valence-electron chi connectivity index (χ0n) is 17.0. The maximum atomic E-state index is 12.7. The zero-order valence-corrected chi connectivity index (χ0v) is 17.0. The van der Waals surface area contributed by atoms with Crippen molar-refractivity contribution >= 4 is 17.7 Å². The van der Waals surface area contributed by atoms with Gasteiger partial charge in [-0.2, -0.15) is 0 Å². The Morgan fingerprint density at radius 1 is 1.03 bits per heavy atom. The van der Waals surface area contributed by atoms with Crippen molar-refractivity contribution in [3.63, 3.8) is 0 Å². The average molecular weight is 389 g/mol. The Balaban J connectivity index is 1.38. The van der Waals surface area contributed by atoms with E-state index in [-0.39, 0.29) is 5.91 Å². The minimum absolute atomic E-state index is 0.0774. The summed E-state index contributed by atoms with van der Waals surface area (Å²) in [4.78, 5) is 16.9. The summed E-state index contributed by atoms with van der Waals surface area (Å²) in [6.45, 7) is 8.08. The molecule has 0 aliphatic carbocycles. The standard InChI is InChI=1S/C24H27N3O2/c1-19-17-21(20(2)27(19)18-23-9-6-16-29-23)10-11-24(28)26-14-12-25(13-15-26)22-7-4-3-5-8-22/h3-11,16-17H,12-15,18H2,1-2H3. The van der Waals surface area contributed by atoms with Gasteiger partial charge in [-0.15, -0.1) is 0 Å². The van der Waals surface area contributed by atoms with Crippen molar-refractivity contribution in [2.24, 2.45) is 0 Å². The normalized spacial score (nSPS) is 14.7. The highest BCUT2D eigenvalue weighted by atomic mass is 16.3. The lowest BCUT2D eigenvalue weighted by atomic mass is 10.2. The fourth-order valence-electron chi connectivity index (χ4n) is 3.89. The Morgan fingerprint density at radius 2 is 1.79 bits per heavy atom. The van der Waals surface area contributed by atoms with Crippen LogP contribution < -0.4 is 4.90 Å². The maximum Gasteiger partial charge on any atom is 0.246 e. The number of furan rings is 1. The molecular weight excluding hydrogens is 362 g/mol. The second-order valence-electron chi connectivity index (χ2n) is 7.47. The Hall–Kier alpha value is -3.21. The first-order valence-corrected chi connectivity index (χ1v) is 10.1. The van der Waals surface area contributed by atoms with Gasteiger partial charge in [0, 0.05) is 49.3 Å². The number of amides is 1. The number of benzene rings is 1. The number of aromatic nitrogens is 1. The van der Waals surface area contributed by atoms with E-state index in [9.17, 15) is 4.79 Å². The van der Waals surface area contributed by atoms with Gasteiger partial charge < -0.3 is 18.8 Å². The number of para-hydroxylation sites is 1. The van der Waals surface area contributed by atoms with Crippen molar-refractivity contribution < 1.29 is 9.21 Å². The highest BCUT2D eigenvalue weighted by Gasteiger charge is 2.19. The molecule has 1 aliphatic heterocycles. The van der Waals surface area contributed by atoms with Crippen molar-refractivity contribution in [2.75, 3.05) is 31.1 Å². The van der Waals surface area contributed by atoms with Crippen LogP contribution in [0.25, 0.3) is 6.08 Å². The molecule has 0 spiro atoms. The van der Waals surface area contributed by atoms with Crippen LogP contribution in [0.3, 0.4) is 0 Å². The summed E-state index contributed by atoms with van der Waals surface area (Å²) in [5, 5.41) is 0. The number of hydrogen-bond acceptors (Lipinski definition) is 3. The summed E-state index contributed by atoms with van der Waals surface area (Å²) in [7, 11) is 0. The summed E-state index contributed by atoms with van der Waals surface area (Å²) in [6.07, 6.45) is 5.34. The summed E-state index contributed by atoms with van der Waals surface area (Å²) in [6, 6.07) is 16.4. The number of rotatable bonds is 5. The van der Waals surface area contributed by atoms with Gasteiger partial charge in [0.15, 0.2) is 0 Å². The predicted molar refractivity (Wildman–Crippen MR) is 116 cm³/mol. The van der Waals surface area contributed by atoms with Gasteiger partial charge >= 0.3 is 0 Å². The number of carbonyl (C=O) groups is 1. The third kappa shape index (κ3) is 4.29. The van der Waals surface area contributed by atoms with E-state index in [0.29, 0.717) is 6.54 Å². The van der Waals surface area contributed by atoms with Crippen LogP contribution in [0, 0.1) is 13.8 Å². The molecule has 3 aromatic rings. The second kappa shape index (κ2) is 8.43. The Kier molecular flexibility index (Phi) is 5.56. The smallest absolute Gasteiger partial charge is 0.246 e. The number of anilines is 1. The van der Waals surface area contributed by atoms with Crippen LogP contribution >= 0.6 is 0 Å². The SMILES string of the molecule is Cc1cc(C=CC(=O)N2CCN(c3ccccc3)CC2)c(C)n1Cc1ccco1. The maximum absolute atomic E-state index is 12.7. The van der Waals surface area contributed by atoms with Gasteiger partial charge in [0.2, 0.25) is 5.91 Å². The molecular formula is C24H27N3O2. The van der Waals surface area contributed by atoms with E-state index < -0.39 is 0 Å². The topological polar surface area (TPSA) is 41.6 Å². The molecule has 2 aromatic heterocycles. The molecule has 1 saturated heterocycles. The Labute approximate surface area is 171 Å². The molecule has 0 unspecified atom stereocenters. The van der Waals surface area contributed by atoms with E-state index in [1.54, 1.807) is 12.3 Å². The lowest BCUT2D eigenvalue weighted by Gasteiger charge is -2.35. The van der Waals surface area contributed by atoms with Crippen molar-refractivity contribution in [3.8, 4) is 0 Å². The molecule has 3 heterocycles. The van der Waals surface area contributed by atoms with Crippen molar-refractivity contribution in [1.82, 2.24) is 9.47 Å². The molecule has 1 amide bonds. The number of aryl methyl sites for hydroxylation is 1. The number of carbonyl (C=O) groups excluding carboxylic acids is 1. The van der Waals surface area contributed by atoms with Gasteiger partial charge in [-0.25, -0.2) is 0 Å². The summed E-state index contributed by atoms with van der Waals surface area (Å²) < 4.78 is 7.68. The summed E-state index contributed by atoms with van der Waals surface area (Å²) >= 11 is 0. The third-order valence-electron chi connectivity index (χ3n) is 5.62. The monoisotopic (exact) mass is 389 g/mol. The summed E-state index contributed by atoms with van der Waals surface area (Å²) in [5.41, 5.74) is 4.59. The van der Waals surface area contributed by atoms with Crippen LogP contribution in [-0.4, -0.2) is 41.6 Å². The van der Waals surface area contributed by atoms with Crippen LogP contribution in [0.15, 0.2) is 65.3 Å². The molecule has 0 bridgehead atoms. The van der Waals surface area contributed by atoms with Crippen LogP contribution in [0.1, 0.15) is 22.7 Å². The first kappa shape index (κ1) is 19.1. The van der Waals surface area contributed by atoms with E-state index in [4.69, 9.17) is 4.42 Å². The molecule has 0 atom stereocenters. The molecule has 5 nitrogen and oxygen atoms in total. The van der Waals surface area contributed by atoms with Gasteiger partial charge in [0.25, 0.3) is 0 Å². The first-order chi connectivity index (χ1) is 14.1. The minimum Gasteiger partial charge on any atom is -0.467 e. The van der Waals surface area contributed by atoms with Crippen molar-refractivity contribution in [1.29, 1.82) is 0 Å². The van der Waals surface area contributed by atoms with Crippen LogP contribution in [0.5, 0.6) is 0 Å². The number of nitrogens with zero attached hydrogens (tertiary/aromatic N) is 3. The van der Waals surface area contributed by atoms with E-state index in [0.717, 1.165) is 48.9 Å². The molecule has 4 rings (SSSR count). The molecule has 0 saturated carbocycles.